The number of phenolic OH excluding ortho intramolecular Hbond substituents is 1. The van der Waals surface area contributed by atoms with Gasteiger partial charge in [0.15, 0.2) is 0 Å². The van der Waals surface area contributed by atoms with Crippen molar-refractivity contribution in [2.45, 2.75) is 6.42 Å². The van der Waals surface area contributed by atoms with Crippen LogP contribution in [-0.4, -0.2) is 21.8 Å². The van der Waals surface area contributed by atoms with Crippen molar-refractivity contribution in [3.63, 3.8) is 0 Å². The highest BCUT2D eigenvalue weighted by Crippen LogP contribution is 2.15. The first-order chi connectivity index (χ1) is 8.66. The van der Waals surface area contributed by atoms with E-state index in [1.165, 1.54) is 0 Å². The van der Waals surface area contributed by atoms with E-state index in [9.17, 15) is 4.79 Å². The third-order valence-corrected chi connectivity index (χ3v) is 3.25. The van der Waals surface area contributed by atoms with E-state index in [4.69, 9.17) is 5.11 Å². The molecule has 0 aliphatic heterocycles. The summed E-state index contributed by atoms with van der Waals surface area (Å²) in [6, 6.07) is 7.03. The molecule has 1 aromatic carbocycles. The van der Waals surface area contributed by atoms with Crippen LogP contribution in [0.3, 0.4) is 0 Å². The molecular weight excluding hydrogens is 298 g/mol. The zero-order chi connectivity index (χ0) is 13.0. The Morgan fingerprint density at radius 2 is 2.06 bits per heavy atom. The molecule has 1 heterocycles. The molecule has 6 heteroatoms. The van der Waals surface area contributed by atoms with E-state index in [1.807, 2.05) is 12.1 Å². The molecule has 18 heavy (non-hydrogen) atoms. The maximum atomic E-state index is 11.3. The van der Waals surface area contributed by atoms with E-state index in [0.717, 1.165) is 12.0 Å². The van der Waals surface area contributed by atoms with Crippen LogP contribution >= 0.6 is 15.9 Å². The van der Waals surface area contributed by atoms with Crippen LogP contribution in [0.2, 0.25) is 0 Å². The van der Waals surface area contributed by atoms with Gasteiger partial charge in [-0.05, 0) is 40.0 Å². The zero-order valence-electron chi connectivity index (χ0n) is 9.48. The highest BCUT2D eigenvalue weighted by atomic mass is 79.9. The number of rotatable bonds is 4. The van der Waals surface area contributed by atoms with Crippen molar-refractivity contribution in [2.75, 3.05) is 11.9 Å². The largest absolute Gasteiger partial charge is 0.508 e. The fourth-order valence-electron chi connectivity index (χ4n) is 1.51. The van der Waals surface area contributed by atoms with Gasteiger partial charge in [0.05, 0.1) is 11.9 Å². The number of halogens is 1. The molecule has 1 aromatic heterocycles. The Bertz CT molecular complexity index is 581. The maximum Gasteiger partial charge on any atom is 0.280 e. The van der Waals surface area contributed by atoms with Gasteiger partial charge in [-0.25, -0.2) is 5.10 Å². The molecule has 0 spiro atoms. The average Bonchev–Trinajstić information content (AvgIpc) is 2.37. The van der Waals surface area contributed by atoms with Gasteiger partial charge in [-0.2, -0.15) is 5.10 Å². The molecular formula is C12H12BrN3O2. The van der Waals surface area contributed by atoms with Crippen molar-refractivity contribution < 1.29 is 5.11 Å². The third kappa shape index (κ3) is 3.10. The summed E-state index contributed by atoms with van der Waals surface area (Å²) in [4.78, 5) is 11.3. The Hall–Kier alpha value is -1.82. The van der Waals surface area contributed by atoms with Crippen LogP contribution in [0, 0.1) is 0 Å². The molecule has 0 atom stereocenters. The molecule has 0 unspecified atom stereocenters. The predicted octanol–water partition coefficient (Wildman–Crippen LogP) is 1.89. The topological polar surface area (TPSA) is 78.0 Å². The third-order valence-electron chi connectivity index (χ3n) is 2.46. The number of hydrogen-bond acceptors (Lipinski definition) is 4. The molecule has 3 N–H and O–H groups in total. The van der Waals surface area contributed by atoms with Crippen molar-refractivity contribution in [1.29, 1.82) is 0 Å². The van der Waals surface area contributed by atoms with Crippen molar-refractivity contribution in [3.05, 3.63) is 50.9 Å². The van der Waals surface area contributed by atoms with E-state index in [2.05, 4.69) is 31.4 Å². The number of hydrogen-bond donors (Lipinski definition) is 3. The van der Waals surface area contributed by atoms with Crippen molar-refractivity contribution in [2.24, 2.45) is 0 Å². The second kappa shape index (κ2) is 5.68. The first-order valence-corrected chi connectivity index (χ1v) is 6.21. The fourth-order valence-corrected chi connectivity index (χ4v) is 1.84. The highest BCUT2D eigenvalue weighted by molar-refractivity contribution is 9.10. The van der Waals surface area contributed by atoms with Gasteiger partial charge in [-0.3, -0.25) is 4.79 Å². The van der Waals surface area contributed by atoms with Gasteiger partial charge >= 0.3 is 0 Å². The van der Waals surface area contributed by atoms with E-state index in [0.29, 0.717) is 16.7 Å². The summed E-state index contributed by atoms with van der Waals surface area (Å²) in [5, 5.41) is 18.3. The van der Waals surface area contributed by atoms with Crippen LogP contribution in [0.1, 0.15) is 5.56 Å². The second-order valence-electron chi connectivity index (χ2n) is 3.77. The molecule has 2 aromatic rings. The lowest BCUT2D eigenvalue weighted by molar-refractivity contribution is 0.475. The molecule has 0 bridgehead atoms. The minimum atomic E-state index is -0.260. The van der Waals surface area contributed by atoms with Crippen molar-refractivity contribution in [1.82, 2.24) is 10.2 Å². The Balaban J connectivity index is 1.94. The van der Waals surface area contributed by atoms with Gasteiger partial charge in [-0.1, -0.05) is 12.1 Å². The SMILES string of the molecule is O=c1[nH]ncc(NCCc2ccc(O)cc2)c1Br. The van der Waals surface area contributed by atoms with Gasteiger partial charge in [0.25, 0.3) is 5.56 Å². The number of anilines is 1. The Morgan fingerprint density at radius 1 is 1.33 bits per heavy atom. The molecule has 0 saturated heterocycles. The number of aromatic nitrogens is 2. The van der Waals surface area contributed by atoms with Crippen LogP contribution in [0.4, 0.5) is 5.69 Å². The van der Waals surface area contributed by atoms with Crippen LogP contribution in [0.15, 0.2) is 39.7 Å². The zero-order valence-corrected chi connectivity index (χ0v) is 11.1. The lowest BCUT2D eigenvalue weighted by Gasteiger charge is -2.07. The van der Waals surface area contributed by atoms with E-state index in [1.54, 1.807) is 18.3 Å². The summed E-state index contributed by atoms with van der Waals surface area (Å²) in [6.45, 7) is 0.675. The Morgan fingerprint density at radius 3 is 2.78 bits per heavy atom. The van der Waals surface area contributed by atoms with E-state index < -0.39 is 0 Å². The number of nitrogens with one attached hydrogen (secondary N) is 2. The summed E-state index contributed by atoms with van der Waals surface area (Å²) in [7, 11) is 0. The molecule has 0 amide bonds. The van der Waals surface area contributed by atoms with Crippen LogP contribution in [0.5, 0.6) is 5.75 Å². The monoisotopic (exact) mass is 309 g/mol. The minimum Gasteiger partial charge on any atom is -0.508 e. The summed E-state index contributed by atoms with van der Waals surface area (Å²) < 4.78 is 0.447. The van der Waals surface area contributed by atoms with Gasteiger partial charge in [-0.15, -0.1) is 0 Å². The fraction of sp³-hybridized carbons (Fsp3) is 0.167. The second-order valence-corrected chi connectivity index (χ2v) is 4.56. The molecule has 0 saturated carbocycles. The quantitative estimate of drug-likeness (QED) is 0.806. The first-order valence-electron chi connectivity index (χ1n) is 5.42. The number of benzene rings is 1. The molecule has 2 rings (SSSR count). The Kier molecular flexibility index (Phi) is 3.99. The van der Waals surface area contributed by atoms with Crippen LogP contribution in [0.25, 0.3) is 0 Å². The number of aromatic hydroxyl groups is 1. The molecule has 5 nitrogen and oxygen atoms in total. The smallest absolute Gasteiger partial charge is 0.280 e. The summed E-state index contributed by atoms with van der Waals surface area (Å²) in [5.41, 5.74) is 1.51. The molecule has 0 radical (unpaired) electrons. The van der Waals surface area contributed by atoms with Crippen molar-refractivity contribution >= 4 is 21.6 Å². The maximum absolute atomic E-state index is 11.3. The molecule has 0 aliphatic rings. The van der Waals surface area contributed by atoms with E-state index >= 15 is 0 Å². The van der Waals surface area contributed by atoms with Gasteiger partial charge in [0.1, 0.15) is 10.2 Å². The Labute approximate surface area is 112 Å². The number of aromatic amines is 1. The first kappa shape index (κ1) is 12.6. The number of phenols is 1. The normalized spacial score (nSPS) is 10.3. The number of H-pyrrole nitrogens is 1. The van der Waals surface area contributed by atoms with E-state index in [-0.39, 0.29) is 11.3 Å². The lowest BCUT2D eigenvalue weighted by atomic mass is 10.1. The van der Waals surface area contributed by atoms with Crippen molar-refractivity contribution in [3.8, 4) is 5.75 Å². The highest BCUT2D eigenvalue weighted by Gasteiger charge is 2.03. The standard InChI is InChI=1S/C12H12BrN3O2/c13-11-10(7-15-16-12(11)18)14-6-5-8-1-3-9(17)4-2-8/h1-4,7,17H,5-6H2,(H2,14,16,18). The van der Waals surface area contributed by atoms with Crippen LogP contribution < -0.4 is 10.9 Å². The summed E-state index contributed by atoms with van der Waals surface area (Å²) >= 11 is 3.20. The molecule has 94 valence electrons. The number of nitrogens with zero attached hydrogens (tertiary/aromatic N) is 1. The lowest BCUT2D eigenvalue weighted by Crippen LogP contribution is -2.13. The average molecular weight is 310 g/mol. The van der Waals surface area contributed by atoms with Gasteiger partial charge in [0, 0.05) is 6.54 Å². The van der Waals surface area contributed by atoms with Gasteiger partial charge < -0.3 is 10.4 Å². The van der Waals surface area contributed by atoms with Crippen LogP contribution in [-0.2, 0) is 6.42 Å². The summed E-state index contributed by atoms with van der Waals surface area (Å²) in [6.07, 6.45) is 2.35. The summed E-state index contributed by atoms with van der Waals surface area (Å²) in [5.74, 6) is 0.258. The van der Waals surface area contributed by atoms with Gasteiger partial charge in [0.2, 0.25) is 0 Å². The minimum absolute atomic E-state index is 0.258. The predicted molar refractivity (Wildman–Crippen MR) is 72.9 cm³/mol. The molecule has 0 aliphatic carbocycles. The molecule has 0 fully saturated rings.